The summed E-state index contributed by atoms with van der Waals surface area (Å²) in [6.07, 6.45) is 4.27. The maximum atomic E-state index is 12.3. The fraction of sp³-hybridized carbons (Fsp3) is 0.643. The summed E-state index contributed by atoms with van der Waals surface area (Å²) in [6, 6.07) is -0.420. The topological polar surface area (TPSA) is 82.5 Å². The molecule has 0 bridgehead atoms. The monoisotopic (exact) mass is 311 g/mol. The zero-order chi connectivity index (χ0) is 15.6. The van der Waals surface area contributed by atoms with E-state index in [2.05, 4.69) is 10.3 Å². The van der Waals surface area contributed by atoms with Crippen LogP contribution < -0.4 is 5.32 Å². The van der Waals surface area contributed by atoms with Crippen molar-refractivity contribution in [3.63, 3.8) is 0 Å². The van der Waals surface area contributed by atoms with E-state index in [1.54, 1.807) is 6.92 Å². The van der Waals surface area contributed by atoms with Crippen LogP contribution >= 0.6 is 11.3 Å². The molecule has 1 aliphatic rings. The first-order valence-electron chi connectivity index (χ1n) is 7.16. The summed E-state index contributed by atoms with van der Waals surface area (Å²) < 4.78 is 0. The molecule has 1 aromatic rings. The van der Waals surface area contributed by atoms with Gasteiger partial charge in [0.15, 0.2) is 5.13 Å². The van der Waals surface area contributed by atoms with Gasteiger partial charge in [0.05, 0.1) is 5.69 Å². The van der Waals surface area contributed by atoms with Gasteiger partial charge in [0.2, 0.25) is 0 Å². The van der Waals surface area contributed by atoms with E-state index in [0.29, 0.717) is 11.7 Å². The van der Waals surface area contributed by atoms with Crippen LogP contribution in [0.15, 0.2) is 0 Å². The molecule has 2 N–H and O–H groups in total. The number of hydrogen-bond donors (Lipinski definition) is 2. The fourth-order valence-corrected chi connectivity index (χ4v) is 3.51. The molecule has 1 heterocycles. The van der Waals surface area contributed by atoms with E-state index in [1.165, 1.54) is 35.0 Å². The average molecular weight is 311 g/mol. The van der Waals surface area contributed by atoms with Gasteiger partial charge in [0.25, 0.3) is 0 Å². The molecule has 0 saturated carbocycles. The van der Waals surface area contributed by atoms with Crippen molar-refractivity contribution in [3.8, 4) is 0 Å². The third kappa shape index (κ3) is 3.18. The highest BCUT2D eigenvalue weighted by atomic mass is 32.1. The predicted molar refractivity (Wildman–Crippen MR) is 81.9 cm³/mol. The van der Waals surface area contributed by atoms with Crippen LogP contribution in [0.3, 0.4) is 0 Å². The Labute approximate surface area is 128 Å². The second kappa shape index (κ2) is 6.01. The van der Waals surface area contributed by atoms with Crippen molar-refractivity contribution in [1.29, 1.82) is 0 Å². The average Bonchev–Trinajstić information content (AvgIpc) is 2.80. The Hall–Kier alpha value is -1.63. The number of carbonyl (C=O) groups is 2. The molecule has 2 rings (SSSR count). The number of carbonyl (C=O) groups excluding carboxylic acids is 1. The Morgan fingerprint density at radius 1 is 1.38 bits per heavy atom. The second-order valence-corrected chi connectivity index (χ2v) is 6.72. The zero-order valence-electron chi connectivity index (χ0n) is 12.6. The number of aryl methyl sites for hydroxylation is 2. The summed E-state index contributed by atoms with van der Waals surface area (Å²) in [4.78, 5) is 30.6. The highest BCUT2D eigenvalue weighted by molar-refractivity contribution is 7.15. The molecular weight excluding hydrogens is 290 g/mol. The van der Waals surface area contributed by atoms with E-state index in [0.717, 1.165) is 31.4 Å². The summed E-state index contributed by atoms with van der Waals surface area (Å²) in [5.41, 5.74) is -0.183. The van der Waals surface area contributed by atoms with Crippen molar-refractivity contribution >= 4 is 28.5 Å². The Kier molecular flexibility index (Phi) is 4.51. The summed E-state index contributed by atoms with van der Waals surface area (Å²) in [7, 11) is 0. The first-order valence-corrected chi connectivity index (χ1v) is 7.98. The first kappa shape index (κ1) is 15.8. The summed E-state index contributed by atoms with van der Waals surface area (Å²) in [6.45, 7) is 5.12. The molecule has 1 aromatic heterocycles. The molecule has 0 fully saturated rings. The number of nitrogens with zero attached hydrogens (tertiary/aromatic N) is 2. The predicted octanol–water partition coefficient (Wildman–Crippen LogP) is 2.74. The number of thiazole rings is 1. The standard InChI is InChI=1S/C14H21N3O3S/c1-4-17(14(2,3)11(18)19)13(20)16-12-15-9-7-5-6-8-10(9)21-12/h4-8H2,1-3H3,(H,18,19)(H,15,16,20). The maximum absolute atomic E-state index is 12.3. The van der Waals surface area contributed by atoms with Gasteiger partial charge in [-0.2, -0.15) is 0 Å². The lowest BCUT2D eigenvalue weighted by molar-refractivity contribution is -0.147. The van der Waals surface area contributed by atoms with Crippen LogP contribution in [0.25, 0.3) is 0 Å². The molecule has 1 aliphatic carbocycles. The number of carboxylic acids is 1. The van der Waals surface area contributed by atoms with Crippen molar-refractivity contribution < 1.29 is 14.7 Å². The van der Waals surface area contributed by atoms with Gasteiger partial charge in [-0.15, -0.1) is 11.3 Å². The number of anilines is 1. The number of urea groups is 1. The smallest absolute Gasteiger partial charge is 0.329 e. The molecular formula is C14H21N3O3S. The number of amides is 2. The van der Waals surface area contributed by atoms with E-state index in [1.807, 2.05) is 0 Å². The number of likely N-dealkylation sites (N-methyl/N-ethyl adjacent to an activating group) is 1. The molecule has 2 amide bonds. The minimum Gasteiger partial charge on any atom is -0.480 e. The third-order valence-electron chi connectivity index (χ3n) is 3.82. The van der Waals surface area contributed by atoms with E-state index >= 15 is 0 Å². The molecule has 7 heteroatoms. The van der Waals surface area contributed by atoms with Gasteiger partial charge in [0, 0.05) is 11.4 Å². The molecule has 0 aromatic carbocycles. The molecule has 0 unspecified atom stereocenters. The molecule has 0 spiro atoms. The van der Waals surface area contributed by atoms with Crippen LogP contribution in [-0.2, 0) is 17.6 Å². The summed E-state index contributed by atoms with van der Waals surface area (Å²) in [5, 5.41) is 12.6. The number of nitrogens with one attached hydrogen (secondary N) is 1. The van der Waals surface area contributed by atoms with Gasteiger partial charge in [0.1, 0.15) is 5.54 Å². The van der Waals surface area contributed by atoms with Gasteiger partial charge in [-0.05, 0) is 46.5 Å². The molecule has 0 radical (unpaired) electrons. The number of aromatic nitrogens is 1. The van der Waals surface area contributed by atoms with Crippen LogP contribution in [-0.4, -0.2) is 39.1 Å². The third-order valence-corrected chi connectivity index (χ3v) is 4.89. The first-order chi connectivity index (χ1) is 9.86. The van der Waals surface area contributed by atoms with E-state index in [4.69, 9.17) is 0 Å². The second-order valence-electron chi connectivity index (χ2n) is 5.63. The van der Waals surface area contributed by atoms with Crippen LogP contribution in [0.2, 0.25) is 0 Å². The lowest BCUT2D eigenvalue weighted by atomic mass is 10.0. The zero-order valence-corrected chi connectivity index (χ0v) is 13.4. The number of aliphatic carboxylic acids is 1. The van der Waals surface area contributed by atoms with Crippen LogP contribution in [0.1, 0.15) is 44.2 Å². The molecule has 6 nitrogen and oxygen atoms in total. The van der Waals surface area contributed by atoms with Crippen molar-refractivity contribution in [3.05, 3.63) is 10.6 Å². The van der Waals surface area contributed by atoms with Crippen LogP contribution in [0.4, 0.5) is 9.93 Å². The minimum atomic E-state index is -1.25. The van der Waals surface area contributed by atoms with Crippen LogP contribution in [0, 0.1) is 0 Å². The number of rotatable bonds is 4. The SMILES string of the molecule is CCN(C(=O)Nc1nc2c(s1)CCCC2)C(C)(C)C(=O)O. The van der Waals surface area contributed by atoms with Gasteiger partial charge in [-0.3, -0.25) is 5.32 Å². The maximum Gasteiger partial charge on any atom is 0.329 e. The number of fused-ring (bicyclic) bond motifs is 1. The molecule has 0 saturated heterocycles. The van der Waals surface area contributed by atoms with Gasteiger partial charge in [-0.25, -0.2) is 14.6 Å². The quantitative estimate of drug-likeness (QED) is 0.895. The Bertz CT molecular complexity index is 530. The van der Waals surface area contributed by atoms with Crippen LogP contribution in [0.5, 0.6) is 0 Å². The summed E-state index contributed by atoms with van der Waals surface area (Å²) in [5.74, 6) is -1.03. The Balaban J connectivity index is 2.12. The lowest BCUT2D eigenvalue weighted by Crippen LogP contribution is -2.54. The normalized spacial score (nSPS) is 14.4. The number of hydrogen-bond acceptors (Lipinski definition) is 4. The Morgan fingerprint density at radius 2 is 2.05 bits per heavy atom. The Morgan fingerprint density at radius 3 is 2.62 bits per heavy atom. The fourth-order valence-electron chi connectivity index (χ4n) is 2.47. The highest BCUT2D eigenvalue weighted by Gasteiger charge is 2.37. The van der Waals surface area contributed by atoms with Gasteiger partial charge in [-0.1, -0.05) is 0 Å². The molecule has 116 valence electrons. The minimum absolute atomic E-state index is 0.316. The van der Waals surface area contributed by atoms with Gasteiger partial charge >= 0.3 is 12.0 Å². The molecule has 21 heavy (non-hydrogen) atoms. The van der Waals surface area contributed by atoms with Gasteiger partial charge < -0.3 is 10.0 Å². The van der Waals surface area contributed by atoms with E-state index in [-0.39, 0.29) is 0 Å². The lowest BCUT2D eigenvalue weighted by Gasteiger charge is -2.33. The molecule has 0 atom stereocenters. The highest BCUT2D eigenvalue weighted by Crippen LogP contribution is 2.30. The largest absolute Gasteiger partial charge is 0.480 e. The van der Waals surface area contributed by atoms with Crippen molar-refractivity contribution in [2.45, 2.75) is 52.0 Å². The summed E-state index contributed by atoms with van der Waals surface area (Å²) >= 11 is 1.49. The van der Waals surface area contributed by atoms with E-state index < -0.39 is 17.5 Å². The van der Waals surface area contributed by atoms with E-state index in [9.17, 15) is 14.7 Å². The van der Waals surface area contributed by atoms with Crippen molar-refractivity contribution in [2.24, 2.45) is 0 Å². The number of carboxylic acid groups (broad SMARTS) is 1. The van der Waals surface area contributed by atoms with Crippen molar-refractivity contribution in [2.75, 3.05) is 11.9 Å². The van der Waals surface area contributed by atoms with Crippen molar-refractivity contribution in [1.82, 2.24) is 9.88 Å². The molecule has 0 aliphatic heterocycles.